The third-order valence-corrected chi connectivity index (χ3v) is 5.83. The molecule has 2 aromatic carbocycles. The summed E-state index contributed by atoms with van der Waals surface area (Å²) >= 11 is 6.07. The largest absolute Gasteiger partial charge is 0.573 e. The van der Waals surface area contributed by atoms with Crippen molar-refractivity contribution >= 4 is 23.2 Å². The molecule has 1 aromatic heterocycles. The Balaban J connectivity index is 1.87. The van der Waals surface area contributed by atoms with Crippen LogP contribution in [0.2, 0.25) is 5.15 Å². The van der Waals surface area contributed by atoms with Gasteiger partial charge in [-0.1, -0.05) is 68.8 Å². The normalized spacial score (nSPS) is 11.8. The Hall–Kier alpha value is -3.26. The van der Waals surface area contributed by atoms with Gasteiger partial charge in [-0.05, 0) is 52.8 Å². The van der Waals surface area contributed by atoms with Crippen LogP contribution in [0.25, 0.3) is 0 Å². The van der Waals surface area contributed by atoms with Crippen LogP contribution in [0.5, 0.6) is 5.75 Å². The van der Waals surface area contributed by atoms with Crippen LogP contribution < -0.4 is 10.1 Å². The summed E-state index contributed by atoms with van der Waals surface area (Å²) < 4.78 is 41.9. The van der Waals surface area contributed by atoms with E-state index in [-0.39, 0.29) is 34.5 Å². The summed E-state index contributed by atoms with van der Waals surface area (Å²) in [4.78, 5) is 19.4. The fourth-order valence-electron chi connectivity index (χ4n) is 3.69. The number of halogens is 4. The van der Waals surface area contributed by atoms with Gasteiger partial charge in [-0.25, -0.2) is 4.98 Å². The van der Waals surface area contributed by atoms with E-state index in [0.29, 0.717) is 24.2 Å². The maximum absolute atomic E-state index is 13.6. The highest BCUT2D eigenvalue weighted by Crippen LogP contribution is 2.25. The van der Waals surface area contributed by atoms with Crippen LogP contribution in [-0.4, -0.2) is 35.7 Å². The third kappa shape index (κ3) is 7.62. The molecule has 0 spiro atoms. The van der Waals surface area contributed by atoms with Gasteiger partial charge in [0.05, 0.1) is 5.69 Å². The van der Waals surface area contributed by atoms with E-state index in [0.717, 1.165) is 5.56 Å². The Kier molecular flexibility index (Phi) is 8.51. The van der Waals surface area contributed by atoms with Crippen molar-refractivity contribution in [2.75, 3.05) is 18.9 Å². The van der Waals surface area contributed by atoms with Gasteiger partial charge in [0.15, 0.2) is 5.69 Å². The number of pyridine rings is 1. The number of hydrogen-bond donors (Lipinski definition) is 1. The Morgan fingerprint density at radius 2 is 1.72 bits per heavy atom. The minimum atomic E-state index is -4.78. The summed E-state index contributed by atoms with van der Waals surface area (Å²) in [7, 11) is 1.68. The Morgan fingerprint density at radius 3 is 2.33 bits per heavy atom. The topological polar surface area (TPSA) is 54.5 Å². The van der Waals surface area contributed by atoms with E-state index in [9.17, 15) is 18.0 Å². The average molecular weight is 520 g/mol. The maximum Gasteiger partial charge on any atom is 0.573 e. The smallest absolute Gasteiger partial charge is 0.406 e. The molecule has 0 aliphatic rings. The van der Waals surface area contributed by atoms with Gasteiger partial charge in [0.25, 0.3) is 5.91 Å². The zero-order valence-electron chi connectivity index (χ0n) is 20.6. The van der Waals surface area contributed by atoms with E-state index in [4.69, 9.17) is 11.6 Å². The summed E-state index contributed by atoms with van der Waals surface area (Å²) in [6.07, 6.45) is -4.46. The molecule has 36 heavy (non-hydrogen) atoms. The van der Waals surface area contributed by atoms with Crippen molar-refractivity contribution in [1.29, 1.82) is 0 Å². The Labute approximate surface area is 214 Å². The monoisotopic (exact) mass is 519 g/mol. The summed E-state index contributed by atoms with van der Waals surface area (Å²) in [5.74, 6) is -0.644. The van der Waals surface area contributed by atoms with Crippen LogP contribution in [0, 0.1) is 0 Å². The molecule has 0 unspecified atom stereocenters. The predicted octanol–water partition coefficient (Wildman–Crippen LogP) is 6.86. The van der Waals surface area contributed by atoms with Crippen molar-refractivity contribution in [3.05, 3.63) is 88.2 Å². The minimum absolute atomic E-state index is 0.00998. The zero-order chi connectivity index (χ0) is 26.5. The molecule has 0 bridgehead atoms. The van der Waals surface area contributed by atoms with Crippen LogP contribution in [0.1, 0.15) is 48.0 Å². The quantitative estimate of drug-likeness (QED) is 0.330. The lowest BCUT2D eigenvalue weighted by Gasteiger charge is -2.25. The molecule has 3 aromatic rings. The van der Waals surface area contributed by atoms with Gasteiger partial charge in [-0.15, -0.1) is 13.2 Å². The zero-order valence-corrected chi connectivity index (χ0v) is 21.4. The second-order valence-corrected chi connectivity index (χ2v) is 9.79. The molecule has 0 saturated heterocycles. The molecular weight excluding hydrogens is 491 g/mol. The molecule has 0 fully saturated rings. The van der Waals surface area contributed by atoms with Gasteiger partial charge >= 0.3 is 6.36 Å². The van der Waals surface area contributed by atoms with Crippen LogP contribution >= 0.6 is 11.6 Å². The molecule has 3 rings (SSSR count). The number of nitrogens with one attached hydrogen (secondary N) is 1. The van der Waals surface area contributed by atoms with Crippen LogP contribution in [0.15, 0.2) is 60.7 Å². The highest BCUT2D eigenvalue weighted by Gasteiger charge is 2.31. The fourth-order valence-corrected chi connectivity index (χ4v) is 3.84. The first-order valence-electron chi connectivity index (χ1n) is 11.4. The van der Waals surface area contributed by atoms with E-state index in [1.54, 1.807) is 30.1 Å². The number of aromatic nitrogens is 1. The van der Waals surface area contributed by atoms with Crippen molar-refractivity contribution in [2.45, 2.75) is 45.5 Å². The molecule has 1 amide bonds. The molecule has 9 heteroatoms. The SMILES string of the molecule is CNc1ccc(Cl)nc1C(=O)N(CCc1cccc(OC(F)(F)F)c1)Cc1ccc(C(C)(C)C)cc1. The second-order valence-electron chi connectivity index (χ2n) is 9.40. The van der Waals surface area contributed by atoms with Gasteiger partial charge in [0.1, 0.15) is 10.9 Å². The number of carbonyl (C=O) groups is 1. The van der Waals surface area contributed by atoms with Crippen molar-refractivity contribution in [1.82, 2.24) is 9.88 Å². The Bertz CT molecular complexity index is 1190. The van der Waals surface area contributed by atoms with Crippen molar-refractivity contribution in [3.63, 3.8) is 0 Å². The van der Waals surface area contributed by atoms with Gasteiger partial charge in [0.2, 0.25) is 0 Å². The third-order valence-electron chi connectivity index (χ3n) is 5.62. The van der Waals surface area contributed by atoms with E-state index < -0.39 is 6.36 Å². The standard InChI is InChI=1S/C27H29ClF3N3O2/c1-26(2,3)20-10-8-19(9-11-20)17-34(25(35)24-22(32-4)12-13-23(28)33-24)15-14-18-6-5-7-21(16-18)36-27(29,30)31/h5-13,16,32H,14-15,17H2,1-4H3. The number of carbonyl (C=O) groups excluding carboxylic acids is 1. The van der Waals surface area contributed by atoms with Gasteiger partial charge in [-0.2, -0.15) is 0 Å². The van der Waals surface area contributed by atoms with E-state index in [1.807, 2.05) is 24.3 Å². The van der Waals surface area contributed by atoms with Crippen LogP contribution in [0.3, 0.4) is 0 Å². The van der Waals surface area contributed by atoms with Gasteiger partial charge in [0, 0.05) is 20.1 Å². The number of hydrogen-bond acceptors (Lipinski definition) is 4. The first-order chi connectivity index (χ1) is 16.9. The summed E-state index contributed by atoms with van der Waals surface area (Å²) in [5.41, 5.74) is 3.37. The molecular formula is C27H29ClF3N3O2. The number of alkyl halides is 3. The first kappa shape index (κ1) is 27.3. The van der Waals surface area contributed by atoms with Crippen molar-refractivity contribution < 1.29 is 22.7 Å². The molecule has 192 valence electrons. The van der Waals surface area contributed by atoms with Crippen molar-refractivity contribution in [2.24, 2.45) is 0 Å². The molecule has 5 nitrogen and oxygen atoms in total. The summed E-state index contributed by atoms with van der Waals surface area (Å²) in [6, 6.07) is 17.0. The maximum atomic E-state index is 13.6. The lowest BCUT2D eigenvalue weighted by atomic mass is 9.87. The number of nitrogens with zero attached hydrogens (tertiary/aromatic N) is 2. The fraction of sp³-hybridized carbons (Fsp3) is 0.333. The highest BCUT2D eigenvalue weighted by molar-refractivity contribution is 6.29. The molecule has 0 radical (unpaired) electrons. The highest BCUT2D eigenvalue weighted by atomic mass is 35.5. The number of amides is 1. The molecule has 0 saturated carbocycles. The molecule has 0 atom stereocenters. The lowest BCUT2D eigenvalue weighted by Crippen LogP contribution is -2.33. The molecule has 1 heterocycles. The minimum Gasteiger partial charge on any atom is -0.406 e. The van der Waals surface area contributed by atoms with Crippen molar-refractivity contribution in [3.8, 4) is 5.75 Å². The van der Waals surface area contributed by atoms with E-state index >= 15 is 0 Å². The summed E-state index contributed by atoms with van der Waals surface area (Å²) in [6.45, 7) is 6.90. The molecule has 1 N–H and O–H groups in total. The summed E-state index contributed by atoms with van der Waals surface area (Å²) in [5, 5.41) is 3.14. The molecule has 0 aliphatic heterocycles. The van der Waals surface area contributed by atoms with Crippen LogP contribution in [-0.2, 0) is 18.4 Å². The Morgan fingerprint density at radius 1 is 1.03 bits per heavy atom. The lowest BCUT2D eigenvalue weighted by molar-refractivity contribution is -0.274. The predicted molar refractivity (Wildman–Crippen MR) is 136 cm³/mol. The second kappa shape index (κ2) is 11.2. The number of benzene rings is 2. The van der Waals surface area contributed by atoms with Gasteiger partial charge in [-0.3, -0.25) is 4.79 Å². The number of ether oxygens (including phenoxy) is 1. The average Bonchev–Trinajstić information content (AvgIpc) is 2.80. The number of rotatable bonds is 8. The van der Waals surface area contributed by atoms with Crippen LogP contribution in [0.4, 0.5) is 18.9 Å². The number of anilines is 1. The van der Waals surface area contributed by atoms with Gasteiger partial charge < -0.3 is 15.0 Å². The van der Waals surface area contributed by atoms with E-state index in [1.165, 1.54) is 23.8 Å². The van der Waals surface area contributed by atoms with E-state index in [2.05, 4.69) is 35.8 Å². The first-order valence-corrected chi connectivity index (χ1v) is 11.8. The molecule has 0 aliphatic carbocycles.